The third kappa shape index (κ3) is 6.23. The number of carbonyl (C=O) groups is 1. The fourth-order valence-corrected chi connectivity index (χ4v) is 7.23. The van der Waals surface area contributed by atoms with Gasteiger partial charge in [-0.2, -0.15) is 5.10 Å². The van der Waals surface area contributed by atoms with Gasteiger partial charge in [-0.25, -0.2) is 0 Å². The smallest absolute Gasteiger partial charge is 0.270 e. The fourth-order valence-electron chi connectivity index (χ4n) is 6.98. The number of aryl methyl sites for hydroxylation is 4. The second-order valence-electron chi connectivity index (χ2n) is 12.4. The van der Waals surface area contributed by atoms with Crippen molar-refractivity contribution < 1.29 is 14.6 Å². The number of morpholine rings is 1. The summed E-state index contributed by atoms with van der Waals surface area (Å²) in [6.45, 7) is 13.7. The highest BCUT2D eigenvalue weighted by Crippen LogP contribution is 2.42. The minimum Gasteiger partial charge on any atom is -0.396 e. The Kier molecular flexibility index (Phi) is 9.52. The molecule has 0 atom stereocenters. The number of anilines is 1. The molecule has 10 heteroatoms. The van der Waals surface area contributed by atoms with E-state index in [-0.39, 0.29) is 12.5 Å². The van der Waals surface area contributed by atoms with Gasteiger partial charge < -0.3 is 24.2 Å². The first-order valence-corrected chi connectivity index (χ1v) is 16.5. The molecule has 0 bridgehead atoms. The van der Waals surface area contributed by atoms with Crippen LogP contribution in [0.5, 0.6) is 0 Å². The summed E-state index contributed by atoms with van der Waals surface area (Å²) in [4.78, 5) is 21.5. The molecule has 6 rings (SSSR count). The number of nitrogens with zero attached hydrogens (tertiary/aromatic N) is 6. The molecule has 1 amide bonds. The van der Waals surface area contributed by atoms with Crippen molar-refractivity contribution in [1.82, 2.24) is 24.1 Å². The van der Waals surface area contributed by atoms with Gasteiger partial charge in [0.25, 0.3) is 5.91 Å². The molecule has 4 aromatic rings. The van der Waals surface area contributed by atoms with Crippen LogP contribution >= 0.6 is 11.6 Å². The Morgan fingerprint density at radius 1 is 0.933 bits per heavy atom. The SMILES string of the molecule is Cc1ccc(N2CCN(C(=O)c3c(CCCO)c4ccc(Cl)c(-c5c(C)nn(C)c5C)c4n3CCN3CCOCC3)CC2)cc1. The standard InChI is InChI=1S/C35H45ClN6O3/c1-24-7-9-27(10-8-24)40-14-16-41(17-15-40)35(44)34-28(6-5-21-43)29-11-12-30(36)32(31-25(2)37-38(4)26(31)3)33(29)42(34)18-13-39-19-22-45-23-20-39/h7-12,43H,5-6,13-23H2,1-4H3. The molecular formula is C35H45ClN6O3. The van der Waals surface area contributed by atoms with Crippen molar-refractivity contribution in [3.63, 3.8) is 0 Å². The number of halogens is 1. The van der Waals surface area contributed by atoms with Crippen LogP contribution in [-0.4, -0.2) is 101 Å². The Morgan fingerprint density at radius 2 is 1.64 bits per heavy atom. The van der Waals surface area contributed by atoms with E-state index in [1.54, 1.807) is 0 Å². The minimum absolute atomic E-state index is 0.0476. The lowest BCUT2D eigenvalue weighted by molar-refractivity contribution is 0.0363. The van der Waals surface area contributed by atoms with Crippen molar-refractivity contribution in [2.75, 3.05) is 70.5 Å². The third-order valence-corrected chi connectivity index (χ3v) is 9.85. The normalized spacial score (nSPS) is 16.2. The van der Waals surface area contributed by atoms with Gasteiger partial charge in [-0.1, -0.05) is 35.4 Å². The molecule has 2 aromatic heterocycles. The molecule has 2 aromatic carbocycles. The third-order valence-electron chi connectivity index (χ3n) is 9.53. The molecule has 0 radical (unpaired) electrons. The summed E-state index contributed by atoms with van der Waals surface area (Å²) in [5.74, 6) is 0.0476. The summed E-state index contributed by atoms with van der Waals surface area (Å²) >= 11 is 7.07. The van der Waals surface area contributed by atoms with Crippen LogP contribution in [0, 0.1) is 20.8 Å². The van der Waals surface area contributed by atoms with Gasteiger partial charge in [0.1, 0.15) is 5.69 Å². The number of carbonyl (C=O) groups excluding carboxylic acids is 1. The highest BCUT2D eigenvalue weighted by atomic mass is 35.5. The Bertz CT molecular complexity index is 1660. The highest BCUT2D eigenvalue weighted by molar-refractivity contribution is 6.35. The van der Waals surface area contributed by atoms with Crippen LogP contribution < -0.4 is 4.90 Å². The van der Waals surface area contributed by atoms with Crippen molar-refractivity contribution in [2.24, 2.45) is 7.05 Å². The van der Waals surface area contributed by atoms with Gasteiger partial charge in [-0.15, -0.1) is 0 Å². The number of aromatic nitrogens is 3. The number of ether oxygens (including phenoxy) is 1. The molecule has 0 aliphatic carbocycles. The number of fused-ring (bicyclic) bond motifs is 1. The number of hydrogen-bond donors (Lipinski definition) is 1. The van der Waals surface area contributed by atoms with Gasteiger partial charge in [0.2, 0.25) is 0 Å². The summed E-state index contributed by atoms with van der Waals surface area (Å²) in [6, 6.07) is 12.6. The van der Waals surface area contributed by atoms with E-state index in [1.807, 2.05) is 29.6 Å². The molecule has 4 heterocycles. The van der Waals surface area contributed by atoms with Crippen molar-refractivity contribution in [1.29, 1.82) is 0 Å². The number of piperazine rings is 1. The van der Waals surface area contributed by atoms with E-state index in [0.29, 0.717) is 37.5 Å². The Hall–Kier alpha value is -3.37. The minimum atomic E-state index is 0.0476. The molecule has 240 valence electrons. The molecule has 2 fully saturated rings. The lowest BCUT2D eigenvalue weighted by Gasteiger charge is -2.36. The Morgan fingerprint density at radius 3 is 2.29 bits per heavy atom. The highest BCUT2D eigenvalue weighted by Gasteiger charge is 2.32. The average Bonchev–Trinajstić information content (AvgIpc) is 3.50. The van der Waals surface area contributed by atoms with Crippen LogP contribution in [0.2, 0.25) is 5.02 Å². The zero-order valence-corrected chi connectivity index (χ0v) is 27.7. The van der Waals surface area contributed by atoms with Crippen LogP contribution in [0.15, 0.2) is 36.4 Å². The number of hydrogen-bond acceptors (Lipinski definition) is 6. The van der Waals surface area contributed by atoms with Crippen molar-refractivity contribution in [3.05, 3.63) is 69.6 Å². The van der Waals surface area contributed by atoms with Gasteiger partial charge in [-0.05, 0) is 57.4 Å². The largest absolute Gasteiger partial charge is 0.396 e. The van der Waals surface area contributed by atoms with E-state index >= 15 is 0 Å². The first kappa shape index (κ1) is 31.6. The molecule has 0 saturated carbocycles. The molecule has 2 aliphatic heterocycles. The predicted octanol–water partition coefficient (Wildman–Crippen LogP) is 4.84. The van der Waals surface area contributed by atoms with E-state index in [2.05, 4.69) is 58.5 Å². The van der Waals surface area contributed by atoms with Gasteiger partial charge in [0.15, 0.2) is 0 Å². The van der Waals surface area contributed by atoms with Crippen LogP contribution in [-0.2, 0) is 24.8 Å². The van der Waals surface area contributed by atoms with E-state index in [0.717, 1.165) is 90.6 Å². The van der Waals surface area contributed by atoms with Crippen molar-refractivity contribution >= 4 is 34.1 Å². The molecule has 1 N–H and O–H groups in total. The molecule has 45 heavy (non-hydrogen) atoms. The number of amides is 1. The van der Waals surface area contributed by atoms with Crippen molar-refractivity contribution in [3.8, 4) is 11.1 Å². The van der Waals surface area contributed by atoms with Crippen LogP contribution in [0.4, 0.5) is 5.69 Å². The molecule has 9 nitrogen and oxygen atoms in total. The summed E-state index contributed by atoms with van der Waals surface area (Å²) < 4.78 is 9.75. The van der Waals surface area contributed by atoms with E-state index in [1.165, 1.54) is 11.3 Å². The van der Waals surface area contributed by atoms with Crippen LogP contribution in [0.3, 0.4) is 0 Å². The maximum atomic E-state index is 14.7. The second-order valence-corrected chi connectivity index (χ2v) is 12.8. The average molecular weight is 633 g/mol. The topological polar surface area (TPSA) is 79.0 Å². The molecule has 2 aliphatic rings. The molecule has 0 spiro atoms. The lowest BCUT2D eigenvalue weighted by Crippen LogP contribution is -2.49. The number of aliphatic hydroxyl groups is 1. The Balaban J connectivity index is 1.45. The van der Waals surface area contributed by atoms with Crippen molar-refractivity contribution in [2.45, 2.75) is 40.2 Å². The van der Waals surface area contributed by atoms with Crippen LogP contribution in [0.25, 0.3) is 22.0 Å². The summed E-state index contributed by atoms with van der Waals surface area (Å²) in [7, 11) is 1.95. The zero-order valence-electron chi connectivity index (χ0n) is 27.0. The maximum Gasteiger partial charge on any atom is 0.270 e. The first-order chi connectivity index (χ1) is 21.8. The van der Waals surface area contributed by atoms with Gasteiger partial charge in [0.05, 0.1) is 29.4 Å². The van der Waals surface area contributed by atoms with Crippen LogP contribution in [0.1, 0.15) is 39.4 Å². The molecular weight excluding hydrogens is 588 g/mol. The predicted molar refractivity (Wildman–Crippen MR) is 181 cm³/mol. The second kappa shape index (κ2) is 13.5. The fraction of sp³-hybridized carbons (Fsp3) is 0.486. The quantitative estimate of drug-likeness (QED) is 0.285. The summed E-state index contributed by atoms with van der Waals surface area (Å²) in [5.41, 5.74) is 8.99. The summed E-state index contributed by atoms with van der Waals surface area (Å²) in [6.07, 6.45) is 1.18. The van der Waals surface area contributed by atoms with E-state index < -0.39 is 0 Å². The molecule has 2 saturated heterocycles. The summed E-state index contributed by atoms with van der Waals surface area (Å²) in [5, 5.41) is 16.3. The van der Waals surface area contributed by atoms with E-state index in [4.69, 9.17) is 21.4 Å². The number of aliphatic hydroxyl groups excluding tert-OH is 1. The number of benzene rings is 2. The van der Waals surface area contributed by atoms with Gasteiger partial charge >= 0.3 is 0 Å². The monoisotopic (exact) mass is 632 g/mol. The number of rotatable bonds is 9. The maximum absolute atomic E-state index is 14.7. The lowest BCUT2D eigenvalue weighted by atomic mass is 9.98. The van der Waals surface area contributed by atoms with Gasteiger partial charge in [0, 0.05) is 93.9 Å². The van der Waals surface area contributed by atoms with E-state index in [9.17, 15) is 9.90 Å². The zero-order chi connectivity index (χ0) is 31.7. The Labute approximate surface area is 270 Å². The molecule has 0 unspecified atom stereocenters. The van der Waals surface area contributed by atoms with Gasteiger partial charge in [-0.3, -0.25) is 14.4 Å². The first-order valence-electron chi connectivity index (χ1n) is 16.1.